The van der Waals surface area contributed by atoms with E-state index in [2.05, 4.69) is 0 Å². The molecule has 0 radical (unpaired) electrons. The van der Waals surface area contributed by atoms with Gasteiger partial charge in [-0.05, 0) is 24.6 Å². The number of fused-ring (bicyclic) bond motifs is 1. The average Bonchev–Trinajstić information content (AvgIpc) is 2.90. The molecule has 1 aromatic rings. The largest absolute Gasteiger partial charge is 0.439 e. The van der Waals surface area contributed by atoms with Gasteiger partial charge in [0.15, 0.2) is 11.6 Å². The molecule has 1 amide bonds. The summed E-state index contributed by atoms with van der Waals surface area (Å²) in [5, 5.41) is 0. The fourth-order valence-corrected chi connectivity index (χ4v) is 3.41. The Morgan fingerprint density at radius 2 is 2.00 bits per heavy atom. The molecule has 0 saturated carbocycles. The van der Waals surface area contributed by atoms with Crippen molar-refractivity contribution in [1.29, 1.82) is 0 Å². The van der Waals surface area contributed by atoms with Crippen molar-refractivity contribution in [3.8, 4) is 5.75 Å². The molecule has 0 aliphatic carbocycles. The van der Waals surface area contributed by atoms with E-state index in [9.17, 15) is 4.79 Å². The van der Waals surface area contributed by atoms with Crippen LogP contribution in [0.3, 0.4) is 0 Å². The standard InChI is InChI=1S/C15H14N2O2S2/c1-9-5-4-6-10-13(9)16(2)12(19-10)8-7-11-14(18)17(3)15(20)21-11/h4-8H,1-3H3. The Morgan fingerprint density at radius 3 is 2.62 bits per heavy atom. The molecule has 1 aromatic carbocycles. The molecule has 2 aliphatic heterocycles. The zero-order chi connectivity index (χ0) is 15.1. The second kappa shape index (κ2) is 5.20. The molecule has 0 spiro atoms. The normalized spacial score (nSPS) is 21.5. The zero-order valence-corrected chi connectivity index (χ0v) is 13.5. The molecule has 2 heterocycles. The highest BCUT2D eigenvalue weighted by Crippen LogP contribution is 2.40. The molecule has 1 saturated heterocycles. The van der Waals surface area contributed by atoms with Crippen LogP contribution in [0.1, 0.15) is 5.56 Å². The topological polar surface area (TPSA) is 32.8 Å². The Hall–Kier alpha value is -1.79. The van der Waals surface area contributed by atoms with Gasteiger partial charge in [-0.25, -0.2) is 0 Å². The fraction of sp³-hybridized carbons (Fsp3) is 0.200. The van der Waals surface area contributed by atoms with Gasteiger partial charge in [0.25, 0.3) is 5.91 Å². The van der Waals surface area contributed by atoms with Crippen LogP contribution in [0.4, 0.5) is 5.69 Å². The summed E-state index contributed by atoms with van der Waals surface area (Å²) in [4.78, 5) is 16.0. The number of thioether (sulfide) groups is 1. The van der Waals surface area contributed by atoms with Gasteiger partial charge >= 0.3 is 0 Å². The van der Waals surface area contributed by atoms with Crippen LogP contribution in [-0.2, 0) is 4.79 Å². The van der Waals surface area contributed by atoms with Crippen LogP contribution < -0.4 is 9.64 Å². The summed E-state index contributed by atoms with van der Waals surface area (Å²) in [7, 11) is 3.63. The molecule has 108 valence electrons. The number of hydrogen-bond donors (Lipinski definition) is 0. The molecular formula is C15H14N2O2S2. The van der Waals surface area contributed by atoms with Crippen molar-refractivity contribution in [2.45, 2.75) is 6.92 Å². The van der Waals surface area contributed by atoms with Crippen molar-refractivity contribution in [1.82, 2.24) is 4.90 Å². The van der Waals surface area contributed by atoms with E-state index in [4.69, 9.17) is 17.0 Å². The lowest BCUT2D eigenvalue weighted by molar-refractivity contribution is -0.121. The van der Waals surface area contributed by atoms with Gasteiger partial charge in [-0.2, -0.15) is 0 Å². The fourth-order valence-electron chi connectivity index (χ4n) is 2.29. The first kappa shape index (κ1) is 14.2. The summed E-state index contributed by atoms with van der Waals surface area (Å²) >= 11 is 6.41. The van der Waals surface area contributed by atoms with E-state index in [0.29, 0.717) is 15.1 Å². The van der Waals surface area contributed by atoms with Crippen LogP contribution in [0, 0.1) is 6.92 Å². The van der Waals surface area contributed by atoms with Gasteiger partial charge in [0.1, 0.15) is 4.32 Å². The van der Waals surface area contributed by atoms with E-state index in [0.717, 1.165) is 17.0 Å². The minimum absolute atomic E-state index is 0.0730. The maximum Gasteiger partial charge on any atom is 0.265 e. The van der Waals surface area contributed by atoms with Crippen LogP contribution in [0.15, 0.2) is 41.1 Å². The third kappa shape index (κ3) is 2.34. The van der Waals surface area contributed by atoms with Gasteiger partial charge in [0, 0.05) is 20.2 Å². The number of aryl methyl sites for hydroxylation is 1. The first-order valence-corrected chi connectivity index (χ1v) is 7.64. The Morgan fingerprint density at radius 1 is 1.24 bits per heavy atom. The van der Waals surface area contributed by atoms with E-state index >= 15 is 0 Å². The number of ether oxygens (including phenoxy) is 1. The van der Waals surface area contributed by atoms with Crippen molar-refractivity contribution in [3.05, 3.63) is 46.7 Å². The number of para-hydroxylation sites is 1. The molecule has 21 heavy (non-hydrogen) atoms. The highest BCUT2D eigenvalue weighted by Gasteiger charge is 2.29. The van der Waals surface area contributed by atoms with Crippen molar-refractivity contribution in [3.63, 3.8) is 0 Å². The van der Waals surface area contributed by atoms with Crippen LogP contribution in [0.25, 0.3) is 0 Å². The van der Waals surface area contributed by atoms with Crippen LogP contribution in [0.2, 0.25) is 0 Å². The van der Waals surface area contributed by atoms with E-state index < -0.39 is 0 Å². The van der Waals surface area contributed by atoms with Crippen molar-refractivity contribution in [2.24, 2.45) is 0 Å². The summed E-state index contributed by atoms with van der Waals surface area (Å²) in [6.45, 7) is 2.05. The number of amides is 1. The molecular weight excluding hydrogens is 304 g/mol. The average molecular weight is 318 g/mol. The predicted octanol–water partition coefficient (Wildman–Crippen LogP) is 3.04. The van der Waals surface area contributed by atoms with Crippen molar-refractivity contribution >= 4 is 39.9 Å². The van der Waals surface area contributed by atoms with E-state index in [1.54, 1.807) is 19.2 Å². The number of anilines is 1. The second-order valence-corrected chi connectivity index (χ2v) is 6.53. The Kier molecular flexibility index (Phi) is 3.51. The molecule has 4 nitrogen and oxygen atoms in total. The summed E-state index contributed by atoms with van der Waals surface area (Å²) in [5.41, 5.74) is 2.21. The molecule has 6 heteroatoms. The maximum absolute atomic E-state index is 11.9. The molecule has 0 N–H and O–H groups in total. The predicted molar refractivity (Wildman–Crippen MR) is 89.3 cm³/mol. The summed E-state index contributed by atoms with van der Waals surface area (Å²) in [6, 6.07) is 5.95. The Labute approximate surface area is 133 Å². The number of rotatable bonds is 1. The molecule has 0 bridgehead atoms. The molecule has 2 aliphatic rings. The van der Waals surface area contributed by atoms with Crippen molar-refractivity contribution < 1.29 is 9.53 Å². The van der Waals surface area contributed by atoms with E-state index in [-0.39, 0.29) is 5.91 Å². The number of benzene rings is 1. The molecule has 3 rings (SSSR count). The van der Waals surface area contributed by atoms with Crippen LogP contribution >= 0.6 is 24.0 Å². The third-order valence-corrected chi connectivity index (χ3v) is 4.95. The SMILES string of the molecule is Cc1cccc2c1N(C)C(=CC=C1SC(=S)N(C)C1=O)O2. The number of likely N-dealkylation sites (N-methyl/N-ethyl adjacent to an activating group) is 1. The molecule has 1 fully saturated rings. The monoisotopic (exact) mass is 318 g/mol. The summed E-state index contributed by atoms with van der Waals surface area (Å²) < 4.78 is 6.40. The number of allylic oxidation sites excluding steroid dienone is 2. The first-order valence-electron chi connectivity index (χ1n) is 6.42. The molecule has 0 unspecified atom stereocenters. The quantitative estimate of drug-likeness (QED) is 0.587. The molecule has 0 atom stereocenters. The van der Waals surface area contributed by atoms with E-state index in [1.165, 1.54) is 16.7 Å². The lowest BCUT2D eigenvalue weighted by Gasteiger charge is -2.12. The summed E-state index contributed by atoms with van der Waals surface area (Å²) in [6.07, 6.45) is 3.57. The zero-order valence-electron chi connectivity index (χ0n) is 11.9. The minimum atomic E-state index is -0.0730. The lowest BCUT2D eigenvalue weighted by Crippen LogP contribution is -2.22. The summed E-state index contributed by atoms with van der Waals surface area (Å²) in [5.74, 6) is 1.46. The highest BCUT2D eigenvalue weighted by molar-refractivity contribution is 8.26. The van der Waals surface area contributed by atoms with Crippen molar-refractivity contribution in [2.75, 3.05) is 19.0 Å². The van der Waals surface area contributed by atoms with Gasteiger partial charge < -0.3 is 9.64 Å². The Bertz CT molecular complexity index is 710. The number of carbonyl (C=O) groups excluding carboxylic acids is 1. The maximum atomic E-state index is 11.9. The van der Waals surface area contributed by atoms with Gasteiger partial charge in [0.2, 0.25) is 0 Å². The highest BCUT2D eigenvalue weighted by atomic mass is 32.2. The molecule has 0 aromatic heterocycles. The minimum Gasteiger partial charge on any atom is -0.439 e. The Balaban J connectivity index is 1.89. The smallest absolute Gasteiger partial charge is 0.265 e. The van der Waals surface area contributed by atoms with Gasteiger partial charge in [-0.3, -0.25) is 9.69 Å². The van der Waals surface area contributed by atoms with E-state index in [1.807, 2.05) is 37.1 Å². The number of hydrogen-bond acceptors (Lipinski definition) is 5. The first-order chi connectivity index (χ1) is 9.99. The lowest BCUT2D eigenvalue weighted by atomic mass is 10.2. The number of carbonyl (C=O) groups is 1. The van der Waals surface area contributed by atoms with Crippen LogP contribution in [0.5, 0.6) is 5.75 Å². The number of nitrogens with zero attached hydrogens (tertiary/aromatic N) is 2. The van der Waals surface area contributed by atoms with Gasteiger partial charge in [0.05, 0.1) is 10.6 Å². The second-order valence-electron chi connectivity index (χ2n) is 4.85. The third-order valence-electron chi connectivity index (χ3n) is 3.45. The van der Waals surface area contributed by atoms with Gasteiger partial charge in [-0.15, -0.1) is 0 Å². The number of thiocarbonyl (C=S) groups is 1. The van der Waals surface area contributed by atoms with Crippen LogP contribution in [-0.4, -0.2) is 29.2 Å². The van der Waals surface area contributed by atoms with Gasteiger partial charge in [-0.1, -0.05) is 36.1 Å².